The molecule has 0 aliphatic carbocycles. The van der Waals surface area contributed by atoms with Gasteiger partial charge in [-0.25, -0.2) is 0 Å². The van der Waals surface area contributed by atoms with E-state index in [-0.39, 0.29) is 0 Å². The fourth-order valence-corrected chi connectivity index (χ4v) is 2.22. The van der Waals surface area contributed by atoms with Gasteiger partial charge in [0.1, 0.15) is 6.54 Å². The van der Waals surface area contributed by atoms with Gasteiger partial charge in [-0.3, -0.25) is 9.59 Å². The molecule has 0 aliphatic rings. The van der Waals surface area contributed by atoms with Gasteiger partial charge in [-0.05, 0) is 0 Å². The molecule has 0 rings (SSSR count). The van der Waals surface area contributed by atoms with Gasteiger partial charge in [0.2, 0.25) is 5.91 Å². The zero-order valence-corrected chi connectivity index (χ0v) is 10.6. The molecule has 100 valence electrons. The average Bonchev–Trinajstić information content (AvgIpc) is 2.25. The van der Waals surface area contributed by atoms with E-state index in [1.165, 1.54) is 0 Å². The second-order valence-corrected chi connectivity index (χ2v) is 4.84. The molecule has 0 atom stereocenters. The molecule has 1 amide bonds. The third-order valence-corrected chi connectivity index (χ3v) is 3.60. The molecular formula is C8H17N3O5S. The Bertz CT molecular complexity index is 363. The summed E-state index contributed by atoms with van der Waals surface area (Å²) in [5.74, 6) is -1.88. The number of amides is 1. The SMILES string of the molecule is CCN(CC)S(=O)(=O)NCC(=O)NCC(=O)O. The Hall–Kier alpha value is -1.19. The Kier molecular flexibility index (Phi) is 6.69. The van der Waals surface area contributed by atoms with Crippen molar-refractivity contribution in [3.8, 4) is 0 Å². The lowest BCUT2D eigenvalue weighted by Gasteiger charge is -2.18. The summed E-state index contributed by atoms with van der Waals surface area (Å²) < 4.78 is 26.3. The van der Waals surface area contributed by atoms with Crippen molar-refractivity contribution in [1.82, 2.24) is 14.3 Å². The standard InChI is InChI=1S/C8H17N3O5S/c1-3-11(4-2)17(15,16)10-5-7(12)9-6-8(13)14/h10H,3-6H2,1-2H3,(H,9,12)(H,13,14). The molecule has 17 heavy (non-hydrogen) atoms. The monoisotopic (exact) mass is 267 g/mol. The normalized spacial score (nSPS) is 11.5. The molecule has 0 saturated carbocycles. The number of carbonyl (C=O) groups excluding carboxylic acids is 1. The summed E-state index contributed by atoms with van der Waals surface area (Å²) in [6, 6.07) is 0. The molecule has 0 saturated heterocycles. The second kappa shape index (κ2) is 7.20. The Morgan fingerprint density at radius 1 is 1.18 bits per heavy atom. The Morgan fingerprint density at radius 2 is 1.71 bits per heavy atom. The van der Waals surface area contributed by atoms with Crippen LogP contribution in [-0.2, 0) is 19.8 Å². The highest BCUT2D eigenvalue weighted by atomic mass is 32.2. The summed E-state index contributed by atoms with van der Waals surface area (Å²) in [4.78, 5) is 21.2. The van der Waals surface area contributed by atoms with Crippen molar-refractivity contribution < 1.29 is 23.1 Å². The maximum Gasteiger partial charge on any atom is 0.322 e. The number of nitrogens with one attached hydrogen (secondary N) is 2. The van der Waals surface area contributed by atoms with Crippen LogP contribution in [0.1, 0.15) is 13.8 Å². The van der Waals surface area contributed by atoms with E-state index in [1.54, 1.807) is 13.8 Å². The lowest BCUT2D eigenvalue weighted by molar-refractivity contribution is -0.137. The van der Waals surface area contributed by atoms with Crippen LogP contribution in [0.3, 0.4) is 0 Å². The molecule has 3 N–H and O–H groups in total. The molecule has 0 aliphatic heterocycles. The Balaban J connectivity index is 4.18. The number of carboxylic acids is 1. The van der Waals surface area contributed by atoms with Crippen LogP contribution in [0, 0.1) is 0 Å². The van der Waals surface area contributed by atoms with Gasteiger partial charge in [-0.2, -0.15) is 17.4 Å². The van der Waals surface area contributed by atoms with E-state index in [0.717, 1.165) is 4.31 Å². The molecule has 0 aromatic rings. The molecular weight excluding hydrogens is 250 g/mol. The average molecular weight is 267 g/mol. The minimum Gasteiger partial charge on any atom is -0.480 e. The van der Waals surface area contributed by atoms with E-state index in [9.17, 15) is 18.0 Å². The van der Waals surface area contributed by atoms with Gasteiger partial charge >= 0.3 is 5.97 Å². The third kappa shape index (κ3) is 6.19. The van der Waals surface area contributed by atoms with Crippen LogP contribution in [0.25, 0.3) is 0 Å². The molecule has 0 aromatic heterocycles. The van der Waals surface area contributed by atoms with Crippen molar-refractivity contribution in [2.75, 3.05) is 26.2 Å². The van der Waals surface area contributed by atoms with Crippen LogP contribution in [0.4, 0.5) is 0 Å². The largest absolute Gasteiger partial charge is 0.480 e. The number of carboxylic acid groups (broad SMARTS) is 1. The lowest BCUT2D eigenvalue weighted by atomic mass is 10.5. The van der Waals surface area contributed by atoms with Crippen molar-refractivity contribution in [2.45, 2.75) is 13.8 Å². The van der Waals surface area contributed by atoms with Crippen molar-refractivity contribution in [2.24, 2.45) is 0 Å². The molecule has 0 spiro atoms. The smallest absolute Gasteiger partial charge is 0.322 e. The Labute approximate surface area is 100 Å². The van der Waals surface area contributed by atoms with Crippen molar-refractivity contribution >= 4 is 22.1 Å². The number of rotatable bonds is 8. The van der Waals surface area contributed by atoms with Crippen LogP contribution >= 0.6 is 0 Å². The zero-order valence-electron chi connectivity index (χ0n) is 9.76. The van der Waals surface area contributed by atoms with Crippen molar-refractivity contribution in [3.63, 3.8) is 0 Å². The first kappa shape index (κ1) is 15.8. The zero-order chi connectivity index (χ0) is 13.5. The molecule has 8 nitrogen and oxygen atoms in total. The highest BCUT2D eigenvalue weighted by Gasteiger charge is 2.19. The van der Waals surface area contributed by atoms with E-state index in [1.807, 2.05) is 5.32 Å². The second-order valence-electron chi connectivity index (χ2n) is 3.08. The van der Waals surface area contributed by atoms with Gasteiger partial charge < -0.3 is 10.4 Å². The summed E-state index contributed by atoms with van der Waals surface area (Å²) >= 11 is 0. The molecule has 9 heteroatoms. The van der Waals surface area contributed by atoms with Crippen LogP contribution in [0.5, 0.6) is 0 Å². The van der Waals surface area contributed by atoms with E-state index in [0.29, 0.717) is 13.1 Å². The quantitative estimate of drug-likeness (QED) is 0.488. The number of hydrogen-bond acceptors (Lipinski definition) is 4. The van der Waals surface area contributed by atoms with Gasteiger partial charge in [0.15, 0.2) is 0 Å². The first-order chi connectivity index (χ1) is 7.83. The van der Waals surface area contributed by atoms with Gasteiger partial charge in [0.05, 0.1) is 6.54 Å². The molecule has 0 radical (unpaired) electrons. The summed E-state index contributed by atoms with van der Waals surface area (Å²) in [6.07, 6.45) is 0. The molecule has 0 heterocycles. The van der Waals surface area contributed by atoms with Gasteiger partial charge in [0.25, 0.3) is 10.2 Å². The molecule has 0 bridgehead atoms. The van der Waals surface area contributed by atoms with Crippen LogP contribution in [0.15, 0.2) is 0 Å². The fourth-order valence-electron chi connectivity index (χ4n) is 1.05. The Morgan fingerprint density at radius 3 is 2.12 bits per heavy atom. The summed E-state index contributed by atoms with van der Waals surface area (Å²) in [6.45, 7) is 2.92. The summed E-state index contributed by atoms with van der Waals surface area (Å²) in [7, 11) is -3.68. The number of hydrogen-bond donors (Lipinski definition) is 3. The van der Waals surface area contributed by atoms with E-state index < -0.39 is 35.2 Å². The van der Waals surface area contributed by atoms with Crippen LogP contribution in [0.2, 0.25) is 0 Å². The first-order valence-corrected chi connectivity index (χ1v) is 6.50. The van der Waals surface area contributed by atoms with Crippen LogP contribution in [-0.4, -0.2) is 55.9 Å². The molecule has 0 aromatic carbocycles. The summed E-state index contributed by atoms with van der Waals surface area (Å²) in [5.41, 5.74) is 0. The van der Waals surface area contributed by atoms with E-state index >= 15 is 0 Å². The molecule has 0 unspecified atom stereocenters. The predicted molar refractivity (Wildman–Crippen MR) is 60.5 cm³/mol. The van der Waals surface area contributed by atoms with Crippen molar-refractivity contribution in [1.29, 1.82) is 0 Å². The number of nitrogens with zero attached hydrogens (tertiary/aromatic N) is 1. The number of carbonyl (C=O) groups is 2. The van der Waals surface area contributed by atoms with E-state index in [2.05, 4.69) is 4.72 Å². The fraction of sp³-hybridized carbons (Fsp3) is 0.750. The highest BCUT2D eigenvalue weighted by molar-refractivity contribution is 7.87. The summed E-state index contributed by atoms with van der Waals surface area (Å²) in [5, 5.41) is 10.3. The van der Waals surface area contributed by atoms with E-state index in [4.69, 9.17) is 5.11 Å². The lowest BCUT2D eigenvalue weighted by Crippen LogP contribution is -2.45. The highest BCUT2D eigenvalue weighted by Crippen LogP contribution is 1.95. The first-order valence-electron chi connectivity index (χ1n) is 5.06. The van der Waals surface area contributed by atoms with Gasteiger partial charge in [-0.1, -0.05) is 13.8 Å². The topological polar surface area (TPSA) is 116 Å². The van der Waals surface area contributed by atoms with Gasteiger partial charge in [-0.15, -0.1) is 0 Å². The van der Waals surface area contributed by atoms with Crippen molar-refractivity contribution in [3.05, 3.63) is 0 Å². The van der Waals surface area contributed by atoms with Crippen LogP contribution < -0.4 is 10.0 Å². The minimum absolute atomic E-state index is 0.294. The maximum atomic E-state index is 11.6. The maximum absolute atomic E-state index is 11.6. The molecule has 0 fully saturated rings. The predicted octanol–water partition coefficient (Wildman–Crippen LogP) is -1.64. The third-order valence-electron chi connectivity index (χ3n) is 1.90. The van der Waals surface area contributed by atoms with Gasteiger partial charge in [0, 0.05) is 13.1 Å². The number of aliphatic carboxylic acids is 1. The minimum atomic E-state index is -3.68.